The first kappa shape index (κ1) is 19.9. The number of carbonyl (C=O) groups excluding carboxylic acids is 1. The van der Waals surface area contributed by atoms with Crippen molar-refractivity contribution < 1.29 is 9.53 Å². The van der Waals surface area contributed by atoms with Crippen LogP contribution in [0.25, 0.3) is 5.69 Å². The summed E-state index contributed by atoms with van der Waals surface area (Å²) in [6, 6.07) is 5.76. The second kappa shape index (κ2) is 8.79. The molecule has 0 spiro atoms. The Morgan fingerprint density at radius 3 is 2.72 bits per heavy atom. The molecule has 0 aliphatic carbocycles. The molecule has 0 aliphatic heterocycles. The van der Waals surface area contributed by atoms with E-state index in [1.807, 2.05) is 25.3 Å². The van der Waals surface area contributed by atoms with Crippen molar-refractivity contribution in [2.24, 2.45) is 0 Å². The van der Waals surface area contributed by atoms with Crippen LogP contribution in [0.5, 0.6) is 0 Å². The normalized spacial score (nSPS) is 11.4. The second-order valence-corrected chi connectivity index (χ2v) is 8.16. The van der Waals surface area contributed by atoms with Crippen LogP contribution in [-0.4, -0.2) is 26.3 Å². The topological polar surface area (TPSA) is 56.2 Å². The minimum atomic E-state index is -1.64. The van der Waals surface area contributed by atoms with Gasteiger partial charge in [-0.3, -0.25) is 5.32 Å². The van der Waals surface area contributed by atoms with E-state index in [0.29, 0.717) is 5.69 Å². The molecule has 0 saturated carbocycles. The van der Waals surface area contributed by atoms with Crippen molar-refractivity contribution in [1.82, 2.24) is 9.78 Å². The van der Waals surface area contributed by atoms with Gasteiger partial charge in [-0.05, 0) is 49.1 Å². The zero-order valence-corrected chi connectivity index (χ0v) is 16.3. The Hall–Kier alpha value is -1.43. The number of halogens is 3. The number of alkyl halides is 3. The van der Waals surface area contributed by atoms with Gasteiger partial charge >= 0.3 is 6.09 Å². The smallest absolute Gasteiger partial charge is 0.411 e. The van der Waals surface area contributed by atoms with Crippen LogP contribution in [0, 0.1) is 6.92 Å². The molecule has 25 heavy (non-hydrogen) atoms. The average molecular weight is 405 g/mol. The number of unbranched alkanes of at least 4 members (excludes halogenated alkanes) is 1. The summed E-state index contributed by atoms with van der Waals surface area (Å²) in [4.78, 5) is 12.0. The Balaban J connectivity index is 2.25. The lowest BCUT2D eigenvalue weighted by atomic mass is 10.0. The summed E-state index contributed by atoms with van der Waals surface area (Å²) >= 11 is 16.8. The minimum absolute atomic E-state index is 0.329. The van der Waals surface area contributed by atoms with E-state index >= 15 is 0 Å². The van der Waals surface area contributed by atoms with Crippen molar-refractivity contribution in [3.63, 3.8) is 0 Å². The first-order chi connectivity index (χ1) is 11.8. The molecule has 2 rings (SSSR count). The van der Waals surface area contributed by atoms with Gasteiger partial charge in [-0.1, -0.05) is 48.1 Å². The molecule has 136 valence electrons. The fourth-order valence-electron chi connectivity index (χ4n) is 2.36. The largest absolute Gasteiger partial charge is 0.445 e. The molecule has 5 nitrogen and oxygen atoms in total. The fourth-order valence-corrected chi connectivity index (χ4v) is 2.53. The standard InChI is InChI=1S/C17H20Cl3N3O2/c1-3-4-6-13-9-14(23-8-5-7-21-23)10-15(12(13)2)22-16(24)25-11-17(18,19)20/h5,7-10H,3-4,6,11H2,1-2H3,(H,22,24). The molecule has 8 heteroatoms. The zero-order valence-electron chi connectivity index (χ0n) is 14.1. The third-order valence-corrected chi connectivity index (χ3v) is 4.00. The fraction of sp³-hybridized carbons (Fsp3) is 0.412. The molecule has 0 aliphatic rings. The van der Waals surface area contributed by atoms with Gasteiger partial charge in [0.15, 0.2) is 0 Å². The maximum Gasteiger partial charge on any atom is 0.411 e. The number of hydrogen-bond acceptors (Lipinski definition) is 3. The monoisotopic (exact) mass is 403 g/mol. The minimum Gasteiger partial charge on any atom is -0.445 e. The number of benzene rings is 1. The summed E-state index contributed by atoms with van der Waals surface area (Å²) in [5.74, 6) is 0. The number of nitrogens with zero attached hydrogens (tertiary/aromatic N) is 2. The quantitative estimate of drug-likeness (QED) is 0.652. The van der Waals surface area contributed by atoms with Crippen molar-refractivity contribution in [2.75, 3.05) is 11.9 Å². The lowest BCUT2D eigenvalue weighted by molar-refractivity contribution is 0.164. The van der Waals surface area contributed by atoms with Crippen molar-refractivity contribution in [1.29, 1.82) is 0 Å². The Morgan fingerprint density at radius 2 is 2.12 bits per heavy atom. The van der Waals surface area contributed by atoms with Gasteiger partial charge in [-0.2, -0.15) is 5.10 Å². The first-order valence-electron chi connectivity index (χ1n) is 7.94. The van der Waals surface area contributed by atoms with Gasteiger partial charge in [-0.25, -0.2) is 9.48 Å². The van der Waals surface area contributed by atoms with Crippen LogP contribution in [-0.2, 0) is 11.2 Å². The van der Waals surface area contributed by atoms with E-state index < -0.39 is 9.89 Å². The van der Waals surface area contributed by atoms with Gasteiger partial charge < -0.3 is 4.74 Å². The van der Waals surface area contributed by atoms with E-state index in [4.69, 9.17) is 39.5 Å². The van der Waals surface area contributed by atoms with E-state index in [9.17, 15) is 4.79 Å². The van der Waals surface area contributed by atoms with Gasteiger partial charge in [0.25, 0.3) is 0 Å². The zero-order chi connectivity index (χ0) is 18.4. The molecule has 0 bridgehead atoms. The SMILES string of the molecule is CCCCc1cc(-n2cccn2)cc(NC(=O)OCC(Cl)(Cl)Cl)c1C. The third-order valence-electron chi connectivity index (χ3n) is 3.67. The third kappa shape index (κ3) is 6.10. The summed E-state index contributed by atoms with van der Waals surface area (Å²) < 4.78 is 5.05. The predicted molar refractivity (Wildman–Crippen MR) is 102 cm³/mol. The summed E-state index contributed by atoms with van der Waals surface area (Å²) in [6.45, 7) is 3.77. The lowest BCUT2D eigenvalue weighted by Gasteiger charge is -2.16. The maximum atomic E-state index is 12.0. The lowest BCUT2D eigenvalue weighted by Crippen LogP contribution is -2.22. The highest BCUT2D eigenvalue weighted by atomic mass is 35.6. The summed E-state index contributed by atoms with van der Waals surface area (Å²) in [5, 5.41) is 6.97. The number of aromatic nitrogens is 2. The number of hydrogen-bond donors (Lipinski definition) is 1. The highest BCUT2D eigenvalue weighted by molar-refractivity contribution is 6.67. The molecule has 0 radical (unpaired) electrons. The number of nitrogens with one attached hydrogen (secondary N) is 1. The van der Waals surface area contributed by atoms with Crippen LogP contribution >= 0.6 is 34.8 Å². The van der Waals surface area contributed by atoms with E-state index in [2.05, 4.69) is 23.4 Å². The average Bonchev–Trinajstić information content (AvgIpc) is 3.07. The summed E-state index contributed by atoms with van der Waals surface area (Å²) in [7, 11) is 0. The van der Waals surface area contributed by atoms with E-state index in [0.717, 1.165) is 36.1 Å². The van der Waals surface area contributed by atoms with Crippen LogP contribution < -0.4 is 5.32 Å². The van der Waals surface area contributed by atoms with E-state index in [1.165, 1.54) is 0 Å². The van der Waals surface area contributed by atoms with Crippen molar-refractivity contribution in [3.8, 4) is 5.69 Å². The van der Waals surface area contributed by atoms with Crippen LogP contribution in [0.2, 0.25) is 0 Å². The maximum absolute atomic E-state index is 12.0. The van der Waals surface area contributed by atoms with Crippen molar-refractivity contribution >= 4 is 46.6 Å². The molecule has 0 fully saturated rings. The predicted octanol–water partition coefficient (Wildman–Crippen LogP) is 5.44. The van der Waals surface area contributed by atoms with E-state index in [1.54, 1.807) is 10.9 Å². The Labute approximate surface area is 162 Å². The van der Waals surface area contributed by atoms with Gasteiger partial charge in [-0.15, -0.1) is 0 Å². The van der Waals surface area contributed by atoms with Gasteiger partial charge in [0, 0.05) is 18.1 Å². The number of amides is 1. The Kier molecular flexibility index (Phi) is 6.99. The molecule has 0 unspecified atom stereocenters. The number of aryl methyl sites for hydroxylation is 1. The van der Waals surface area contributed by atoms with Crippen LogP contribution in [0.3, 0.4) is 0 Å². The van der Waals surface area contributed by atoms with Crippen LogP contribution in [0.1, 0.15) is 30.9 Å². The molecular weight excluding hydrogens is 385 g/mol. The molecule has 1 aromatic heterocycles. The number of ether oxygens (including phenoxy) is 1. The molecule has 0 atom stereocenters. The van der Waals surface area contributed by atoms with Crippen molar-refractivity contribution in [2.45, 2.75) is 36.9 Å². The molecule has 0 saturated heterocycles. The number of rotatable bonds is 6. The van der Waals surface area contributed by atoms with E-state index in [-0.39, 0.29) is 6.61 Å². The van der Waals surface area contributed by atoms with Gasteiger partial charge in [0.05, 0.1) is 5.69 Å². The Morgan fingerprint density at radius 1 is 1.36 bits per heavy atom. The second-order valence-electron chi connectivity index (χ2n) is 5.65. The molecule has 1 N–H and O–H groups in total. The molecule has 2 aromatic rings. The summed E-state index contributed by atoms with van der Waals surface area (Å²) in [6.07, 6.45) is 5.93. The molecule has 1 heterocycles. The number of anilines is 1. The van der Waals surface area contributed by atoms with Crippen molar-refractivity contribution in [3.05, 3.63) is 41.7 Å². The van der Waals surface area contributed by atoms with Crippen LogP contribution in [0.15, 0.2) is 30.6 Å². The van der Waals surface area contributed by atoms with Gasteiger partial charge in [0.1, 0.15) is 6.61 Å². The molecule has 1 aromatic carbocycles. The van der Waals surface area contributed by atoms with Gasteiger partial charge in [0.2, 0.25) is 3.79 Å². The molecule has 1 amide bonds. The Bertz CT molecular complexity index is 713. The number of carbonyl (C=O) groups is 1. The first-order valence-corrected chi connectivity index (χ1v) is 9.07. The van der Waals surface area contributed by atoms with Crippen LogP contribution in [0.4, 0.5) is 10.5 Å². The summed E-state index contributed by atoms with van der Waals surface area (Å²) in [5.41, 5.74) is 3.63. The highest BCUT2D eigenvalue weighted by Crippen LogP contribution is 2.28. The molecular formula is C17H20Cl3N3O2. The highest BCUT2D eigenvalue weighted by Gasteiger charge is 2.22.